The van der Waals surface area contributed by atoms with E-state index in [2.05, 4.69) is 0 Å². The Morgan fingerprint density at radius 1 is 0.931 bits per heavy atom. The summed E-state index contributed by atoms with van der Waals surface area (Å²) in [7, 11) is 5.69. The molecule has 152 valence electrons. The predicted octanol–water partition coefficient (Wildman–Crippen LogP) is 3.42. The van der Waals surface area contributed by atoms with E-state index in [0.717, 1.165) is 24.1 Å². The fourth-order valence-corrected chi connectivity index (χ4v) is 3.41. The van der Waals surface area contributed by atoms with E-state index in [0.29, 0.717) is 29.8 Å². The van der Waals surface area contributed by atoms with Crippen LogP contribution in [0.3, 0.4) is 0 Å². The Kier molecular flexibility index (Phi) is 6.01. The van der Waals surface area contributed by atoms with Crippen molar-refractivity contribution in [1.82, 2.24) is 9.80 Å². The number of imide groups is 1. The van der Waals surface area contributed by atoms with Crippen LogP contribution in [0.15, 0.2) is 42.5 Å². The van der Waals surface area contributed by atoms with Gasteiger partial charge in [0.25, 0.3) is 17.7 Å². The lowest BCUT2D eigenvalue weighted by Gasteiger charge is -2.19. The van der Waals surface area contributed by atoms with Gasteiger partial charge in [0.05, 0.1) is 11.1 Å². The van der Waals surface area contributed by atoms with Gasteiger partial charge in [-0.25, -0.2) is 0 Å². The summed E-state index contributed by atoms with van der Waals surface area (Å²) >= 11 is 0. The second-order valence-electron chi connectivity index (χ2n) is 7.60. The van der Waals surface area contributed by atoms with Crippen molar-refractivity contribution in [2.45, 2.75) is 26.3 Å². The number of fused-ring (bicyclic) bond motifs is 1. The van der Waals surface area contributed by atoms with Crippen LogP contribution in [0.25, 0.3) is 0 Å². The van der Waals surface area contributed by atoms with Gasteiger partial charge in [0, 0.05) is 45.5 Å². The highest BCUT2D eigenvalue weighted by Crippen LogP contribution is 2.25. The number of benzene rings is 2. The van der Waals surface area contributed by atoms with Gasteiger partial charge in [-0.2, -0.15) is 0 Å². The maximum Gasteiger partial charge on any atom is 0.261 e. The van der Waals surface area contributed by atoms with Gasteiger partial charge in [-0.15, -0.1) is 0 Å². The highest BCUT2D eigenvalue weighted by molar-refractivity contribution is 6.22. The quantitative estimate of drug-likeness (QED) is 0.677. The van der Waals surface area contributed by atoms with Crippen LogP contribution in [0, 0.1) is 0 Å². The molecule has 0 aliphatic carbocycles. The molecule has 3 rings (SSSR count). The van der Waals surface area contributed by atoms with E-state index in [1.54, 1.807) is 30.1 Å². The number of hydrogen-bond acceptors (Lipinski definition) is 4. The highest BCUT2D eigenvalue weighted by Gasteiger charge is 2.35. The van der Waals surface area contributed by atoms with Crippen LogP contribution in [0.2, 0.25) is 0 Å². The Bertz CT molecular complexity index is 935. The molecule has 0 fully saturated rings. The zero-order chi connectivity index (χ0) is 21.1. The number of rotatable bonds is 7. The second kappa shape index (κ2) is 8.47. The van der Waals surface area contributed by atoms with Gasteiger partial charge in [-0.3, -0.25) is 19.3 Å². The zero-order valence-electron chi connectivity index (χ0n) is 17.4. The van der Waals surface area contributed by atoms with Crippen molar-refractivity contribution in [3.63, 3.8) is 0 Å². The van der Waals surface area contributed by atoms with Crippen molar-refractivity contribution in [1.29, 1.82) is 0 Å². The molecule has 1 aliphatic rings. The van der Waals surface area contributed by atoms with Crippen molar-refractivity contribution < 1.29 is 14.4 Å². The number of amides is 3. The number of anilines is 1. The van der Waals surface area contributed by atoms with Crippen LogP contribution in [0.5, 0.6) is 0 Å². The van der Waals surface area contributed by atoms with Crippen LogP contribution < -0.4 is 4.90 Å². The Morgan fingerprint density at radius 3 is 2.21 bits per heavy atom. The molecule has 0 saturated heterocycles. The zero-order valence-corrected chi connectivity index (χ0v) is 17.4. The summed E-state index contributed by atoms with van der Waals surface area (Å²) in [5.41, 5.74) is 3.22. The number of carbonyl (C=O) groups excluding carboxylic acids is 3. The molecular formula is C23H27N3O3. The first-order valence-electron chi connectivity index (χ1n) is 9.85. The van der Waals surface area contributed by atoms with Crippen molar-refractivity contribution >= 4 is 23.4 Å². The minimum Gasteiger partial charge on any atom is -0.378 e. The first-order valence-corrected chi connectivity index (χ1v) is 9.85. The summed E-state index contributed by atoms with van der Waals surface area (Å²) in [5.74, 6) is -0.765. The topological polar surface area (TPSA) is 60.9 Å². The van der Waals surface area contributed by atoms with Crippen LogP contribution in [0.4, 0.5) is 5.69 Å². The van der Waals surface area contributed by atoms with Crippen molar-refractivity contribution in [3.05, 3.63) is 64.7 Å². The number of carbonyl (C=O) groups is 3. The number of hydrogen-bond donors (Lipinski definition) is 0. The molecule has 1 heterocycles. The predicted molar refractivity (Wildman–Crippen MR) is 113 cm³/mol. The molecule has 1 aliphatic heterocycles. The lowest BCUT2D eigenvalue weighted by Crippen LogP contribution is -2.30. The highest BCUT2D eigenvalue weighted by atomic mass is 16.2. The van der Waals surface area contributed by atoms with Gasteiger partial charge in [0.1, 0.15) is 0 Å². The normalized spacial score (nSPS) is 12.9. The van der Waals surface area contributed by atoms with Crippen molar-refractivity contribution in [2.24, 2.45) is 0 Å². The molecule has 0 unspecified atom stereocenters. The molecule has 0 atom stereocenters. The summed E-state index contributed by atoms with van der Waals surface area (Å²) < 4.78 is 0. The van der Waals surface area contributed by atoms with Crippen molar-refractivity contribution in [3.8, 4) is 0 Å². The molecule has 0 saturated carbocycles. The Labute approximate surface area is 171 Å². The maximum absolute atomic E-state index is 12.9. The third kappa shape index (κ3) is 4.16. The van der Waals surface area contributed by atoms with Crippen LogP contribution in [0.1, 0.15) is 56.4 Å². The average Bonchev–Trinajstić information content (AvgIpc) is 2.95. The first kappa shape index (κ1) is 20.6. The van der Waals surface area contributed by atoms with E-state index in [1.807, 2.05) is 50.2 Å². The van der Waals surface area contributed by atoms with E-state index in [1.165, 1.54) is 4.90 Å². The van der Waals surface area contributed by atoms with Crippen LogP contribution in [-0.4, -0.2) is 55.2 Å². The molecule has 6 nitrogen and oxygen atoms in total. The molecule has 2 aromatic rings. The molecule has 0 bridgehead atoms. The van der Waals surface area contributed by atoms with Crippen molar-refractivity contribution in [2.75, 3.05) is 32.6 Å². The Morgan fingerprint density at radius 2 is 1.59 bits per heavy atom. The summed E-state index contributed by atoms with van der Waals surface area (Å²) in [6.45, 7) is 2.88. The lowest BCUT2D eigenvalue weighted by molar-refractivity contribution is 0.0652. The van der Waals surface area contributed by atoms with E-state index in [-0.39, 0.29) is 17.7 Å². The fraction of sp³-hybridized carbons (Fsp3) is 0.348. The number of unbranched alkanes of at least 4 members (excludes halogenated alkanes) is 1. The standard InChI is InChI=1S/C23H27N3O3/c1-5-6-13-26-22(28)19-12-9-17(14-20(19)23(26)29)21(27)25(4)15-16-7-10-18(11-8-16)24(2)3/h7-12,14H,5-6,13,15H2,1-4H3. The molecule has 2 aromatic carbocycles. The smallest absolute Gasteiger partial charge is 0.261 e. The third-order valence-corrected chi connectivity index (χ3v) is 5.17. The molecule has 0 spiro atoms. The maximum atomic E-state index is 12.9. The summed E-state index contributed by atoms with van der Waals surface area (Å²) in [5, 5.41) is 0. The van der Waals surface area contributed by atoms with Gasteiger partial charge in [0.2, 0.25) is 0 Å². The fourth-order valence-electron chi connectivity index (χ4n) is 3.41. The van der Waals surface area contributed by atoms with Gasteiger partial charge < -0.3 is 9.80 Å². The molecule has 6 heteroatoms. The monoisotopic (exact) mass is 393 g/mol. The SMILES string of the molecule is CCCCN1C(=O)c2ccc(C(=O)N(C)Cc3ccc(N(C)C)cc3)cc2C1=O. The molecule has 3 amide bonds. The van der Waals surface area contributed by atoms with Crippen LogP contribution in [-0.2, 0) is 6.54 Å². The minimum atomic E-state index is -0.310. The molecule has 0 aromatic heterocycles. The van der Waals surface area contributed by atoms with Gasteiger partial charge in [0.15, 0.2) is 0 Å². The minimum absolute atomic E-state index is 0.184. The van der Waals surface area contributed by atoms with E-state index < -0.39 is 0 Å². The Balaban J connectivity index is 1.74. The lowest BCUT2D eigenvalue weighted by atomic mass is 10.0. The van der Waals surface area contributed by atoms with E-state index in [9.17, 15) is 14.4 Å². The molecular weight excluding hydrogens is 366 g/mol. The first-order chi connectivity index (χ1) is 13.8. The average molecular weight is 393 g/mol. The number of nitrogens with zero attached hydrogens (tertiary/aromatic N) is 3. The Hall–Kier alpha value is -3.15. The largest absolute Gasteiger partial charge is 0.378 e. The van der Waals surface area contributed by atoms with Gasteiger partial charge in [-0.05, 0) is 42.3 Å². The van der Waals surface area contributed by atoms with Gasteiger partial charge >= 0.3 is 0 Å². The third-order valence-electron chi connectivity index (χ3n) is 5.17. The molecule has 0 radical (unpaired) electrons. The van der Waals surface area contributed by atoms with E-state index in [4.69, 9.17) is 0 Å². The van der Waals surface area contributed by atoms with Crippen LogP contribution >= 0.6 is 0 Å². The molecule has 0 N–H and O–H groups in total. The van der Waals surface area contributed by atoms with Gasteiger partial charge in [-0.1, -0.05) is 25.5 Å². The molecule has 29 heavy (non-hydrogen) atoms. The second-order valence-corrected chi connectivity index (χ2v) is 7.60. The summed E-state index contributed by atoms with van der Waals surface area (Å²) in [4.78, 5) is 42.8. The summed E-state index contributed by atoms with van der Waals surface area (Å²) in [6, 6.07) is 12.8. The summed E-state index contributed by atoms with van der Waals surface area (Å²) in [6.07, 6.45) is 1.67. The van der Waals surface area contributed by atoms with E-state index >= 15 is 0 Å².